The molecule has 23 heavy (non-hydrogen) atoms. The fraction of sp³-hybridized carbons (Fsp3) is 0.800. The summed E-state index contributed by atoms with van der Waals surface area (Å²) in [4.78, 5) is 30.3. The Hall–Kier alpha value is -1.12. The molecule has 3 atom stereocenters. The monoisotopic (exact) mass is 344 g/mol. The predicted octanol–water partition coefficient (Wildman–Crippen LogP) is 0.523. The molecule has 0 aromatic heterocycles. The molecule has 132 valence electrons. The SMILES string of the molecule is CC(C)N=CSNC(=O)[C@@H]1C[C@@H](O)CN1C(=O)[C@@H](N)C(C)(C)C. The molecule has 1 aliphatic rings. The van der Waals surface area contributed by atoms with Crippen LogP contribution in [0.5, 0.6) is 0 Å². The van der Waals surface area contributed by atoms with Crippen LogP contribution < -0.4 is 10.5 Å². The average Bonchev–Trinajstić information content (AvgIpc) is 2.82. The highest BCUT2D eigenvalue weighted by Crippen LogP contribution is 2.24. The van der Waals surface area contributed by atoms with Gasteiger partial charge in [0, 0.05) is 19.0 Å². The second kappa shape index (κ2) is 8.12. The molecule has 0 radical (unpaired) electrons. The maximum atomic E-state index is 12.5. The lowest BCUT2D eigenvalue weighted by Gasteiger charge is -2.32. The smallest absolute Gasteiger partial charge is 0.253 e. The van der Waals surface area contributed by atoms with Crippen LogP contribution in [-0.2, 0) is 9.59 Å². The predicted molar refractivity (Wildman–Crippen MR) is 92.9 cm³/mol. The second-order valence-corrected chi connectivity index (χ2v) is 7.82. The van der Waals surface area contributed by atoms with E-state index in [-0.39, 0.29) is 30.8 Å². The number of likely N-dealkylation sites (tertiary alicyclic amines) is 1. The maximum Gasteiger partial charge on any atom is 0.253 e. The van der Waals surface area contributed by atoms with Gasteiger partial charge in [-0.25, -0.2) is 0 Å². The number of hydrogen-bond acceptors (Lipinski definition) is 6. The molecule has 1 aliphatic heterocycles. The molecule has 1 heterocycles. The summed E-state index contributed by atoms with van der Waals surface area (Å²) in [5.74, 6) is -0.633. The lowest BCUT2D eigenvalue weighted by Crippen LogP contribution is -2.54. The first-order valence-electron chi connectivity index (χ1n) is 7.75. The topological polar surface area (TPSA) is 108 Å². The Morgan fingerprint density at radius 1 is 1.43 bits per heavy atom. The summed E-state index contributed by atoms with van der Waals surface area (Å²) >= 11 is 1.06. The van der Waals surface area contributed by atoms with E-state index in [0.717, 1.165) is 11.9 Å². The third-order valence-corrected chi connectivity index (χ3v) is 4.18. The van der Waals surface area contributed by atoms with Gasteiger partial charge in [0.2, 0.25) is 5.91 Å². The second-order valence-electron chi connectivity index (χ2n) is 7.17. The van der Waals surface area contributed by atoms with Crippen LogP contribution in [0.3, 0.4) is 0 Å². The minimum Gasteiger partial charge on any atom is -0.391 e. The fourth-order valence-electron chi connectivity index (χ4n) is 2.16. The van der Waals surface area contributed by atoms with Crippen molar-refractivity contribution >= 4 is 29.3 Å². The summed E-state index contributed by atoms with van der Waals surface area (Å²) in [6.45, 7) is 9.60. The molecular weight excluding hydrogens is 316 g/mol. The van der Waals surface area contributed by atoms with Crippen LogP contribution >= 0.6 is 11.9 Å². The van der Waals surface area contributed by atoms with Crippen LogP contribution in [0.2, 0.25) is 0 Å². The number of aliphatic hydroxyl groups is 1. The number of rotatable bonds is 5. The van der Waals surface area contributed by atoms with Crippen LogP contribution in [-0.4, -0.2) is 58.1 Å². The first-order chi connectivity index (χ1) is 10.5. The standard InChI is InChI=1S/C15H28N4O3S/c1-9(2)17-8-23-18-13(21)11-6-10(20)7-19(11)14(22)12(16)15(3,4)5/h8-12,20H,6-7,16H2,1-5H3,(H,18,21)/t10-,11+,12-/m1/s1. The molecule has 4 N–H and O–H groups in total. The van der Waals surface area contributed by atoms with Crippen LogP contribution in [0, 0.1) is 5.41 Å². The van der Waals surface area contributed by atoms with E-state index in [4.69, 9.17) is 5.73 Å². The Labute approximate surface area is 142 Å². The van der Waals surface area contributed by atoms with Crippen molar-refractivity contribution in [2.24, 2.45) is 16.1 Å². The largest absolute Gasteiger partial charge is 0.391 e. The highest BCUT2D eigenvalue weighted by atomic mass is 32.2. The van der Waals surface area contributed by atoms with Gasteiger partial charge in [0.1, 0.15) is 6.04 Å². The van der Waals surface area contributed by atoms with Gasteiger partial charge in [-0.15, -0.1) is 0 Å². The van der Waals surface area contributed by atoms with E-state index in [1.54, 1.807) is 5.55 Å². The van der Waals surface area contributed by atoms with Gasteiger partial charge < -0.3 is 15.7 Å². The highest BCUT2D eigenvalue weighted by Gasteiger charge is 2.42. The number of β-amino-alcohol motifs (C(OH)–C–C–N with tert-alkyl or cyclic N) is 1. The van der Waals surface area contributed by atoms with Crippen molar-refractivity contribution in [3.63, 3.8) is 0 Å². The third-order valence-electron chi connectivity index (χ3n) is 3.64. The number of nitrogens with one attached hydrogen (secondary N) is 1. The number of carbonyl (C=O) groups excluding carboxylic acids is 2. The van der Waals surface area contributed by atoms with E-state index >= 15 is 0 Å². The van der Waals surface area contributed by atoms with Crippen LogP contribution in [0.25, 0.3) is 0 Å². The van der Waals surface area contributed by atoms with Gasteiger partial charge in [-0.3, -0.25) is 19.3 Å². The number of nitrogens with two attached hydrogens (primary N) is 1. The normalized spacial score (nSPS) is 23.6. The quantitative estimate of drug-likeness (QED) is 0.383. The number of amides is 2. The van der Waals surface area contributed by atoms with Gasteiger partial charge in [0.25, 0.3) is 5.91 Å². The Bertz CT molecular complexity index is 462. The van der Waals surface area contributed by atoms with E-state index in [9.17, 15) is 14.7 Å². The van der Waals surface area contributed by atoms with Crippen LogP contribution in [0.15, 0.2) is 4.99 Å². The van der Waals surface area contributed by atoms with Crippen molar-refractivity contribution in [3.05, 3.63) is 0 Å². The molecule has 0 saturated carbocycles. The van der Waals surface area contributed by atoms with Crippen molar-refractivity contribution in [2.45, 2.75) is 65.3 Å². The zero-order valence-corrected chi connectivity index (χ0v) is 15.3. The molecule has 7 nitrogen and oxygen atoms in total. The molecule has 1 fully saturated rings. The zero-order valence-electron chi connectivity index (χ0n) is 14.4. The van der Waals surface area contributed by atoms with E-state index in [1.165, 1.54) is 4.90 Å². The molecule has 0 aromatic rings. The van der Waals surface area contributed by atoms with Crippen molar-refractivity contribution in [1.82, 2.24) is 9.62 Å². The average molecular weight is 344 g/mol. The number of carbonyl (C=O) groups is 2. The molecule has 2 amide bonds. The Kier molecular flexibility index (Phi) is 7.03. The van der Waals surface area contributed by atoms with Crippen molar-refractivity contribution < 1.29 is 14.7 Å². The summed E-state index contributed by atoms with van der Waals surface area (Å²) in [6, 6.07) is -1.28. The van der Waals surface area contributed by atoms with Gasteiger partial charge in [-0.05, 0) is 31.2 Å². The van der Waals surface area contributed by atoms with Crippen LogP contribution in [0.4, 0.5) is 0 Å². The lowest BCUT2D eigenvalue weighted by atomic mass is 9.86. The van der Waals surface area contributed by atoms with Gasteiger partial charge in [-0.1, -0.05) is 20.8 Å². The number of nitrogens with zero attached hydrogens (tertiary/aromatic N) is 2. The van der Waals surface area contributed by atoms with Gasteiger partial charge in [0.05, 0.1) is 17.7 Å². The number of aliphatic imine (C=N–C) groups is 1. The van der Waals surface area contributed by atoms with Crippen molar-refractivity contribution in [1.29, 1.82) is 0 Å². The van der Waals surface area contributed by atoms with E-state index in [2.05, 4.69) is 9.71 Å². The highest BCUT2D eigenvalue weighted by molar-refractivity contribution is 8.10. The molecule has 1 rings (SSSR count). The van der Waals surface area contributed by atoms with Gasteiger partial charge >= 0.3 is 0 Å². The zero-order chi connectivity index (χ0) is 17.8. The fourth-order valence-corrected chi connectivity index (χ4v) is 2.77. The third kappa shape index (κ3) is 5.78. The van der Waals surface area contributed by atoms with Crippen molar-refractivity contribution in [3.8, 4) is 0 Å². The minimum absolute atomic E-state index is 0.130. The lowest BCUT2D eigenvalue weighted by molar-refractivity contribution is -0.140. The molecule has 0 aliphatic carbocycles. The Morgan fingerprint density at radius 2 is 2.04 bits per heavy atom. The summed E-state index contributed by atoms with van der Waals surface area (Å²) in [7, 11) is 0. The molecule has 0 unspecified atom stereocenters. The van der Waals surface area contributed by atoms with E-state index < -0.39 is 23.6 Å². The molecule has 0 aromatic carbocycles. The molecule has 1 saturated heterocycles. The maximum absolute atomic E-state index is 12.5. The van der Waals surface area contributed by atoms with Gasteiger partial charge in [-0.2, -0.15) is 0 Å². The Balaban J connectivity index is 2.72. The van der Waals surface area contributed by atoms with Crippen molar-refractivity contribution in [2.75, 3.05) is 6.54 Å². The van der Waals surface area contributed by atoms with Gasteiger partial charge in [0.15, 0.2) is 0 Å². The Morgan fingerprint density at radius 3 is 2.57 bits per heavy atom. The summed E-state index contributed by atoms with van der Waals surface area (Å²) < 4.78 is 2.65. The summed E-state index contributed by atoms with van der Waals surface area (Å²) in [5.41, 5.74) is 7.15. The minimum atomic E-state index is -0.724. The molecule has 8 heteroatoms. The van der Waals surface area contributed by atoms with Crippen LogP contribution in [0.1, 0.15) is 41.0 Å². The molecule has 0 spiro atoms. The summed E-state index contributed by atoms with van der Waals surface area (Å²) in [6.07, 6.45) is -0.493. The number of aliphatic hydroxyl groups excluding tert-OH is 1. The first-order valence-corrected chi connectivity index (χ1v) is 8.63. The molecule has 0 bridgehead atoms. The number of hydrogen-bond donors (Lipinski definition) is 3. The van der Waals surface area contributed by atoms with E-state index in [0.29, 0.717) is 0 Å². The van der Waals surface area contributed by atoms with E-state index in [1.807, 2.05) is 34.6 Å². The summed E-state index contributed by atoms with van der Waals surface area (Å²) in [5, 5.41) is 9.85. The molecular formula is C15H28N4O3S. The first kappa shape index (κ1) is 19.9.